The van der Waals surface area contributed by atoms with Gasteiger partial charge in [-0.2, -0.15) is 5.26 Å². The largest absolute Gasteiger partial charge is 0.308 e. The predicted octanol–water partition coefficient (Wildman–Crippen LogP) is 12.6. The lowest BCUT2D eigenvalue weighted by Crippen LogP contribution is -2.05. The molecule has 3 aromatic heterocycles. The Balaban J connectivity index is 1.23. The van der Waals surface area contributed by atoms with Crippen molar-refractivity contribution < 1.29 is 0 Å². The van der Waals surface area contributed by atoms with Crippen molar-refractivity contribution in [1.29, 1.82) is 5.26 Å². The number of hydrogen-bond donors (Lipinski definition) is 0. The second kappa shape index (κ2) is 13.6. The van der Waals surface area contributed by atoms with Crippen LogP contribution < -0.4 is 0 Å². The van der Waals surface area contributed by atoms with Crippen LogP contribution in [0.5, 0.6) is 0 Å². The SMILES string of the molecule is N#Cc1cccc(-c2ccc(-c3nc(-c4ccccc4)nc(-c4ccccc4)n3)c(-n3c4ccccc4c4ccccc43)c2)c1-n1c2ccccc2c2ccccc21. The van der Waals surface area contributed by atoms with Crippen LogP contribution in [0, 0.1) is 11.3 Å². The Morgan fingerprint density at radius 3 is 1.31 bits per heavy atom. The fraction of sp³-hybridized carbons (Fsp3) is 0. The van der Waals surface area contributed by atoms with Crippen molar-refractivity contribution in [3.63, 3.8) is 0 Å². The smallest absolute Gasteiger partial charge is 0.166 e. The van der Waals surface area contributed by atoms with Crippen molar-refractivity contribution in [3.8, 4) is 62.7 Å². The van der Waals surface area contributed by atoms with Crippen LogP contribution in [0.3, 0.4) is 0 Å². The molecule has 0 radical (unpaired) electrons. The fourth-order valence-electron chi connectivity index (χ4n) is 8.46. The summed E-state index contributed by atoms with van der Waals surface area (Å²) in [6.45, 7) is 0. The van der Waals surface area contributed by atoms with Gasteiger partial charge in [-0.15, -0.1) is 0 Å². The Morgan fingerprint density at radius 1 is 0.362 bits per heavy atom. The second-order valence-electron chi connectivity index (χ2n) is 14.3. The van der Waals surface area contributed by atoms with E-state index in [1.54, 1.807) is 0 Å². The highest BCUT2D eigenvalue weighted by Crippen LogP contribution is 2.42. The van der Waals surface area contributed by atoms with Crippen LogP contribution in [0.2, 0.25) is 0 Å². The summed E-state index contributed by atoms with van der Waals surface area (Å²) in [6.07, 6.45) is 0. The molecule has 0 saturated carbocycles. The van der Waals surface area contributed by atoms with Gasteiger partial charge in [0, 0.05) is 43.8 Å². The van der Waals surface area contributed by atoms with Gasteiger partial charge in [-0.3, -0.25) is 0 Å². The third kappa shape index (κ3) is 5.30. The highest BCUT2D eigenvalue weighted by molar-refractivity contribution is 6.11. The quantitative estimate of drug-likeness (QED) is 0.170. The van der Waals surface area contributed by atoms with E-state index in [1.807, 2.05) is 72.8 Å². The first-order valence-corrected chi connectivity index (χ1v) is 19.3. The summed E-state index contributed by atoms with van der Waals surface area (Å²) in [5.41, 5.74) is 11.1. The Kier molecular flexibility index (Phi) is 7.76. The van der Waals surface area contributed by atoms with E-state index >= 15 is 0 Å². The fourth-order valence-corrected chi connectivity index (χ4v) is 8.46. The minimum absolute atomic E-state index is 0.560. The number of rotatable bonds is 6. The van der Waals surface area contributed by atoms with Gasteiger partial charge in [-0.25, -0.2) is 15.0 Å². The molecule has 6 nitrogen and oxygen atoms in total. The summed E-state index contributed by atoms with van der Waals surface area (Å²) in [6, 6.07) is 69.1. The zero-order chi connectivity index (χ0) is 38.6. The average Bonchev–Trinajstić information content (AvgIpc) is 3.82. The molecule has 11 rings (SSSR count). The molecule has 58 heavy (non-hydrogen) atoms. The summed E-state index contributed by atoms with van der Waals surface area (Å²) in [7, 11) is 0. The van der Waals surface area contributed by atoms with E-state index in [0.717, 1.165) is 82.8 Å². The molecule has 8 aromatic carbocycles. The van der Waals surface area contributed by atoms with Crippen LogP contribution in [0.15, 0.2) is 194 Å². The van der Waals surface area contributed by atoms with Crippen LogP contribution in [-0.4, -0.2) is 24.1 Å². The molecule has 270 valence electrons. The van der Waals surface area contributed by atoms with Crippen molar-refractivity contribution in [2.24, 2.45) is 0 Å². The van der Waals surface area contributed by atoms with Crippen LogP contribution in [0.1, 0.15) is 5.56 Å². The summed E-state index contributed by atoms with van der Waals surface area (Å²) in [4.78, 5) is 15.4. The van der Waals surface area contributed by atoms with E-state index in [1.165, 1.54) is 0 Å². The predicted molar refractivity (Wildman–Crippen MR) is 235 cm³/mol. The van der Waals surface area contributed by atoms with Crippen molar-refractivity contribution in [3.05, 3.63) is 200 Å². The molecular formula is C52H32N6. The zero-order valence-electron chi connectivity index (χ0n) is 31.2. The number of nitrogens with zero attached hydrogens (tertiary/aromatic N) is 6. The third-order valence-corrected chi connectivity index (χ3v) is 11.0. The van der Waals surface area contributed by atoms with Gasteiger partial charge < -0.3 is 9.13 Å². The lowest BCUT2D eigenvalue weighted by molar-refractivity contribution is 1.06. The molecule has 0 aliphatic heterocycles. The number of fused-ring (bicyclic) bond motifs is 6. The van der Waals surface area contributed by atoms with Crippen molar-refractivity contribution in [2.75, 3.05) is 0 Å². The minimum atomic E-state index is 0.560. The number of hydrogen-bond acceptors (Lipinski definition) is 4. The Morgan fingerprint density at radius 2 is 0.810 bits per heavy atom. The molecule has 0 atom stereocenters. The molecule has 0 fully saturated rings. The van der Waals surface area contributed by atoms with E-state index in [4.69, 9.17) is 15.0 Å². The van der Waals surface area contributed by atoms with Gasteiger partial charge in [0.15, 0.2) is 17.5 Å². The lowest BCUT2D eigenvalue weighted by atomic mass is 9.97. The van der Waals surface area contributed by atoms with Crippen molar-refractivity contribution in [2.45, 2.75) is 0 Å². The van der Waals surface area contributed by atoms with Gasteiger partial charge >= 0.3 is 0 Å². The Hall–Kier alpha value is -8.14. The Bertz CT molecular complexity index is 3240. The number of aromatic nitrogens is 5. The number of benzene rings is 8. The monoisotopic (exact) mass is 740 g/mol. The molecule has 0 unspecified atom stereocenters. The van der Waals surface area contributed by atoms with Gasteiger partial charge in [0.05, 0.1) is 39.0 Å². The van der Waals surface area contributed by atoms with E-state index in [9.17, 15) is 5.26 Å². The highest BCUT2D eigenvalue weighted by Gasteiger charge is 2.23. The summed E-state index contributed by atoms with van der Waals surface area (Å²) < 4.78 is 4.57. The van der Waals surface area contributed by atoms with E-state index in [0.29, 0.717) is 23.0 Å². The van der Waals surface area contributed by atoms with Gasteiger partial charge in [-0.05, 0) is 48.0 Å². The van der Waals surface area contributed by atoms with E-state index < -0.39 is 0 Å². The number of para-hydroxylation sites is 5. The van der Waals surface area contributed by atoms with Crippen LogP contribution in [0.4, 0.5) is 0 Å². The van der Waals surface area contributed by atoms with Gasteiger partial charge in [0.1, 0.15) is 6.07 Å². The zero-order valence-corrected chi connectivity index (χ0v) is 31.2. The van der Waals surface area contributed by atoms with Crippen LogP contribution in [0.25, 0.3) is 100 Å². The molecule has 3 heterocycles. The molecule has 0 aliphatic rings. The Labute approximate surface area is 334 Å². The standard InChI is InChI=1S/C52H32N6/c53-33-37-20-15-25-38(49(37)58-46-28-13-9-23-41(46)42-24-10-14-29-47(42)58)36-30-31-43(48(32-36)57-44-26-11-7-21-39(44)40-22-8-12-27-45(40)57)52-55-50(34-16-3-1-4-17-34)54-51(56-52)35-18-5-2-6-19-35/h1-32H. The molecule has 0 spiro atoms. The normalized spacial score (nSPS) is 11.4. The van der Waals surface area contributed by atoms with Crippen molar-refractivity contribution in [1.82, 2.24) is 24.1 Å². The molecule has 0 aliphatic carbocycles. The molecule has 11 aromatic rings. The molecule has 0 saturated heterocycles. The topological polar surface area (TPSA) is 72.3 Å². The summed E-state index contributed by atoms with van der Waals surface area (Å²) in [5.74, 6) is 1.75. The molecule has 0 amide bonds. The first kappa shape index (κ1) is 33.2. The first-order chi connectivity index (χ1) is 28.7. The molecule has 0 N–H and O–H groups in total. The van der Waals surface area contributed by atoms with Crippen molar-refractivity contribution >= 4 is 43.6 Å². The lowest BCUT2D eigenvalue weighted by Gasteiger charge is -2.19. The maximum Gasteiger partial charge on any atom is 0.166 e. The highest BCUT2D eigenvalue weighted by atomic mass is 15.1. The molecule has 0 bridgehead atoms. The maximum atomic E-state index is 10.7. The first-order valence-electron chi connectivity index (χ1n) is 19.3. The third-order valence-electron chi connectivity index (χ3n) is 11.0. The van der Waals surface area contributed by atoms with Gasteiger partial charge in [0.2, 0.25) is 0 Å². The maximum absolute atomic E-state index is 10.7. The van der Waals surface area contributed by atoms with Gasteiger partial charge in [-0.1, -0.05) is 152 Å². The molecule has 6 heteroatoms. The average molecular weight is 741 g/mol. The van der Waals surface area contributed by atoms with Crippen LogP contribution in [-0.2, 0) is 0 Å². The number of nitriles is 1. The van der Waals surface area contributed by atoms with Gasteiger partial charge in [0.25, 0.3) is 0 Å². The van der Waals surface area contributed by atoms with E-state index in [-0.39, 0.29) is 0 Å². The summed E-state index contributed by atoms with van der Waals surface area (Å²) >= 11 is 0. The minimum Gasteiger partial charge on any atom is -0.308 e. The van der Waals surface area contributed by atoms with E-state index in [2.05, 4.69) is 137 Å². The molecular weight excluding hydrogens is 709 g/mol. The van der Waals surface area contributed by atoms with Crippen LogP contribution >= 0.6 is 0 Å². The second-order valence-corrected chi connectivity index (χ2v) is 14.3. The summed E-state index contributed by atoms with van der Waals surface area (Å²) in [5, 5.41) is 15.3.